The van der Waals surface area contributed by atoms with Gasteiger partial charge in [0.1, 0.15) is 0 Å². The predicted octanol–water partition coefficient (Wildman–Crippen LogP) is 1.02. The Kier molecular flexibility index (Phi) is 6.55. The first-order valence-electron chi connectivity index (χ1n) is 6.97. The molecule has 0 aliphatic carbocycles. The van der Waals surface area contributed by atoms with Gasteiger partial charge in [0.2, 0.25) is 0 Å². The van der Waals surface area contributed by atoms with Crippen LogP contribution in [-0.4, -0.2) is 49.8 Å². The maximum absolute atomic E-state index is 12.5. The van der Waals surface area contributed by atoms with Crippen LogP contribution in [-0.2, 0) is 10.2 Å². The Bertz CT molecular complexity index is 332. The third-order valence-electron chi connectivity index (χ3n) is 3.36. The Morgan fingerprint density at radius 2 is 2.11 bits per heavy atom. The minimum atomic E-state index is -3.28. The zero-order valence-electron chi connectivity index (χ0n) is 11.6. The van der Waals surface area contributed by atoms with Crippen molar-refractivity contribution in [1.82, 2.24) is 8.61 Å². The van der Waals surface area contributed by atoms with Crippen molar-refractivity contribution >= 4 is 10.2 Å². The van der Waals surface area contributed by atoms with Gasteiger partial charge in [-0.1, -0.05) is 13.8 Å². The standard InChI is InChI=1S/C12H27N3O2S/c1-3-8-14(10-5-7-13)18(16,17)15-9-4-6-12(2)11-15/h12H,3-11,13H2,1-2H3. The topological polar surface area (TPSA) is 66.6 Å². The van der Waals surface area contributed by atoms with E-state index >= 15 is 0 Å². The van der Waals surface area contributed by atoms with Crippen LogP contribution in [0.2, 0.25) is 0 Å². The van der Waals surface area contributed by atoms with Crippen molar-refractivity contribution in [3.63, 3.8) is 0 Å². The van der Waals surface area contributed by atoms with Crippen LogP contribution >= 0.6 is 0 Å². The Morgan fingerprint density at radius 3 is 2.67 bits per heavy atom. The first kappa shape index (κ1) is 15.9. The van der Waals surface area contributed by atoms with Crippen LogP contribution in [0.25, 0.3) is 0 Å². The molecule has 0 spiro atoms. The van der Waals surface area contributed by atoms with Crippen molar-refractivity contribution in [2.24, 2.45) is 11.7 Å². The molecule has 2 N–H and O–H groups in total. The molecule has 0 radical (unpaired) electrons. The molecule has 1 atom stereocenters. The van der Waals surface area contributed by atoms with E-state index in [2.05, 4.69) is 6.92 Å². The molecule has 0 amide bonds. The van der Waals surface area contributed by atoms with E-state index in [9.17, 15) is 8.42 Å². The van der Waals surface area contributed by atoms with E-state index < -0.39 is 10.2 Å². The van der Waals surface area contributed by atoms with Gasteiger partial charge in [0.25, 0.3) is 10.2 Å². The van der Waals surface area contributed by atoms with Crippen LogP contribution < -0.4 is 5.73 Å². The monoisotopic (exact) mass is 277 g/mol. The molecule has 0 saturated carbocycles. The summed E-state index contributed by atoms with van der Waals surface area (Å²) in [4.78, 5) is 0. The van der Waals surface area contributed by atoms with Gasteiger partial charge in [0.15, 0.2) is 0 Å². The molecule has 6 heteroatoms. The van der Waals surface area contributed by atoms with Crippen LogP contribution in [0.15, 0.2) is 0 Å². The van der Waals surface area contributed by atoms with Crippen LogP contribution in [0.5, 0.6) is 0 Å². The first-order chi connectivity index (χ1) is 8.52. The van der Waals surface area contributed by atoms with E-state index in [1.807, 2.05) is 6.92 Å². The van der Waals surface area contributed by atoms with Crippen molar-refractivity contribution in [3.8, 4) is 0 Å². The average molecular weight is 277 g/mol. The van der Waals surface area contributed by atoms with Crippen molar-refractivity contribution < 1.29 is 8.42 Å². The molecule has 108 valence electrons. The maximum atomic E-state index is 12.5. The molecule has 1 aliphatic heterocycles. The minimum Gasteiger partial charge on any atom is -0.330 e. The average Bonchev–Trinajstić information content (AvgIpc) is 2.34. The third kappa shape index (κ3) is 4.19. The molecule has 1 heterocycles. The van der Waals surface area contributed by atoms with Crippen molar-refractivity contribution in [2.75, 3.05) is 32.7 Å². The summed E-state index contributed by atoms with van der Waals surface area (Å²) < 4.78 is 28.3. The van der Waals surface area contributed by atoms with Gasteiger partial charge in [0, 0.05) is 26.2 Å². The molecule has 5 nitrogen and oxygen atoms in total. The molecule has 0 bridgehead atoms. The van der Waals surface area contributed by atoms with E-state index in [0.717, 1.165) is 25.7 Å². The number of nitrogens with two attached hydrogens (primary N) is 1. The van der Waals surface area contributed by atoms with Crippen LogP contribution in [0, 0.1) is 5.92 Å². The van der Waals surface area contributed by atoms with Gasteiger partial charge in [-0.15, -0.1) is 0 Å². The number of hydrogen-bond acceptors (Lipinski definition) is 3. The van der Waals surface area contributed by atoms with E-state index in [0.29, 0.717) is 38.6 Å². The molecule has 18 heavy (non-hydrogen) atoms. The van der Waals surface area contributed by atoms with Crippen molar-refractivity contribution in [1.29, 1.82) is 0 Å². The highest BCUT2D eigenvalue weighted by Crippen LogP contribution is 2.20. The Labute approximate surface area is 112 Å². The lowest BCUT2D eigenvalue weighted by atomic mass is 10.0. The Balaban J connectivity index is 2.72. The van der Waals surface area contributed by atoms with Gasteiger partial charge < -0.3 is 5.73 Å². The summed E-state index contributed by atoms with van der Waals surface area (Å²) in [6, 6.07) is 0. The quantitative estimate of drug-likeness (QED) is 0.755. The van der Waals surface area contributed by atoms with Gasteiger partial charge in [0.05, 0.1) is 0 Å². The van der Waals surface area contributed by atoms with E-state index in [-0.39, 0.29) is 0 Å². The van der Waals surface area contributed by atoms with E-state index in [1.54, 1.807) is 8.61 Å². The first-order valence-corrected chi connectivity index (χ1v) is 8.37. The zero-order valence-corrected chi connectivity index (χ0v) is 12.5. The fourth-order valence-electron chi connectivity index (χ4n) is 2.38. The van der Waals surface area contributed by atoms with Crippen molar-refractivity contribution in [2.45, 2.75) is 39.5 Å². The second kappa shape index (κ2) is 7.43. The van der Waals surface area contributed by atoms with Gasteiger partial charge in [-0.05, 0) is 38.1 Å². The number of piperidine rings is 1. The summed E-state index contributed by atoms with van der Waals surface area (Å²) in [5, 5.41) is 0. The highest BCUT2D eigenvalue weighted by atomic mass is 32.2. The molecule has 0 aromatic heterocycles. The van der Waals surface area contributed by atoms with Crippen LogP contribution in [0.1, 0.15) is 39.5 Å². The van der Waals surface area contributed by atoms with Crippen LogP contribution in [0.3, 0.4) is 0 Å². The number of hydrogen-bond donors (Lipinski definition) is 1. The molecule has 1 rings (SSSR count). The summed E-state index contributed by atoms with van der Waals surface area (Å²) in [6.45, 7) is 7.10. The predicted molar refractivity (Wildman–Crippen MR) is 74.4 cm³/mol. The summed E-state index contributed by atoms with van der Waals surface area (Å²) in [5.74, 6) is 0.464. The lowest BCUT2D eigenvalue weighted by Gasteiger charge is -2.34. The molecular weight excluding hydrogens is 250 g/mol. The molecule has 0 aromatic rings. The van der Waals surface area contributed by atoms with E-state index in [4.69, 9.17) is 5.73 Å². The second-order valence-electron chi connectivity index (χ2n) is 5.15. The van der Waals surface area contributed by atoms with Gasteiger partial charge in [-0.25, -0.2) is 0 Å². The fourth-order valence-corrected chi connectivity index (χ4v) is 4.28. The highest BCUT2D eigenvalue weighted by Gasteiger charge is 2.31. The summed E-state index contributed by atoms with van der Waals surface area (Å²) in [6.07, 6.45) is 3.66. The van der Waals surface area contributed by atoms with Crippen LogP contribution in [0.4, 0.5) is 0 Å². The molecular formula is C12H27N3O2S. The summed E-state index contributed by atoms with van der Waals surface area (Å²) >= 11 is 0. The molecule has 1 aliphatic rings. The molecule has 1 saturated heterocycles. The third-order valence-corrected chi connectivity index (χ3v) is 5.36. The molecule has 0 aromatic carbocycles. The van der Waals surface area contributed by atoms with Gasteiger partial charge in [-0.3, -0.25) is 0 Å². The summed E-state index contributed by atoms with van der Waals surface area (Å²) in [7, 11) is -3.28. The van der Waals surface area contributed by atoms with Crippen molar-refractivity contribution in [3.05, 3.63) is 0 Å². The second-order valence-corrected chi connectivity index (χ2v) is 7.08. The molecule has 1 unspecified atom stereocenters. The normalized spacial score (nSPS) is 22.6. The molecule has 1 fully saturated rings. The smallest absolute Gasteiger partial charge is 0.281 e. The maximum Gasteiger partial charge on any atom is 0.281 e. The number of nitrogens with zero attached hydrogens (tertiary/aromatic N) is 2. The highest BCUT2D eigenvalue weighted by molar-refractivity contribution is 7.86. The Morgan fingerprint density at radius 1 is 1.39 bits per heavy atom. The summed E-state index contributed by atoms with van der Waals surface area (Å²) in [5.41, 5.74) is 5.48. The van der Waals surface area contributed by atoms with E-state index in [1.165, 1.54) is 0 Å². The number of rotatable bonds is 7. The van der Waals surface area contributed by atoms with Gasteiger partial charge in [-0.2, -0.15) is 17.0 Å². The largest absolute Gasteiger partial charge is 0.330 e. The van der Waals surface area contributed by atoms with Gasteiger partial charge >= 0.3 is 0 Å². The lowest BCUT2D eigenvalue weighted by Crippen LogP contribution is -2.48. The zero-order chi connectivity index (χ0) is 13.6. The lowest BCUT2D eigenvalue weighted by molar-refractivity contribution is 0.256. The minimum absolute atomic E-state index is 0.464. The SMILES string of the molecule is CCCN(CCCN)S(=O)(=O)N1CCCC(C)C1. The Hall–Kier alpha value is -0.170. The fraction of sp³-hybridized carbons (Fsp3) is 1.00.